The lowest BCUT2D eigenvalue weighted by Gasteiger charge is -2.06. The molecule has 80 valence electrons. The van der Waals surface area contributed by atoms with Gasteiger partial charge >= 0.3 is 0 Å². The average molecular weight is 194 g/mol. The third kappa shape index (κ3) is 5.11. The zero-order valence-corrected chi connectivity index (χ0v) is 9.30. The molecule has 0 N–H and O–H groups in total. The fourth-order valence-corrected chi connectivity index (χ4v) is 1.79. The third-order valence-electron chi connectivity index (χ3n) is 2.72. The Morgan fingerprint density at radius 2 is 1.71 bits per heavy atom. The van der Waals surface area contributed by atoms with Gasteiger partial charge in [-0.05, 0) is 25.3 Å². The zero-order chi connectivity index (χ0) is 10.1. The first-order chi connectivity index (χ1) is 6.93. The van der Waals surface area contributed by atoms with E-state index in [9.17, 15) is 0 Å². The Labute approximate surface area is 87.8 Å². The van der Waals surface area contributed by atoms with E-state index < -0.39 is 0 Å². The molecule has 0 heterocycles. The summed E-state index contributed by atoms with van der Waals surface area (Å²) in [6.45, 7) is 0. The number of ether oxygens (including phenoxy) is 1. The van der Waals surface area contributed by atoms with Gasteiger partial charge in [-0.2, -0.15) is 0 Å². The highest BCUT2D eigenvalue weighted by Gasteiger charge is 1.97. The van der Waals surface area contributed by atoms with E-state index in [4.69, 9.17) is 4.74 Å². The van der Waals surface area contributed by atoms with Gasteiger partial charge in [0.15, 0.2) is 0 Å². The Balaban J connectivity index is 2.40. The van der Waals surface area contributed by atoms with Crippen LogP contribution >= 0.6 is 0 Å². The highest BCUT2D eigenvalue weighted by atomic mass is 16.5. The summed E-state index contributed by atoms with van der Waals surface area (Å²) in [5.41, 5.74) is 0. The summed E-state index contributed by atoms with van der Waals surface area (Å²) >= 11 is 0. The summed E-state index contributed by atoms with van der Waals surface area (Å²) in [7, 11) is 1.77. The molecule has 0 aliphatic heterocycles. The monoisotopic (exact) mass is 194 g/mol. The molecule has 0 radical (unpaired) electrons. The van der Waals surface area contributed by atoms with Crippen molar-refractivity contribution in [3.63, 3.8) is 0 Å². The molecule has 0 aromatic rings. The zero-order valence-electron chi connectivity index (χ0n) is 9.30. The Morgan fingerprint density at radius 3 is 2.50 bits per heavy atom. The fraction of sp³-hybridized carbons (Fsp3) is 0.692. The molecule has 0 amide bonds. The van der Waals surface area contributed by atoms with Crippen LogP contribution in [0.25, 0.3) is 0 Å². The van der Waals surface area contributed by atoms with Gasteiger partial charge in [0, 0.05) is 6.42 Å². The Bertz CT molecular complexity index is 191. The molecule has 1 aliphatic rings. The van der Waals surface area contributed by atoms with Crippen molar-refractivity contribution in [2.45, 2.75) is 51.4 Å². The Hall–Kier alpha value is -0.720. The first kappa shape index (κ1) is 11.4. The molecule has 1 nitrogen and oxygen atoms in total. The maximum Gasteiger partial charge on any atom is 0.0955 e. The second-order valence-corrected chi connectivity index (χ2v) is 3.93. The quantitative estimate of drug-likeness (QED) is 0.607. The highest BCUT2D eigenvalue weighted by molar-refractivity contribution is 5.07. The standard InChI is InChI=1S/C13H22O/c1-14-13-11-9-7-5-3-2-4-6-8-10-12-13/h7,9,11H,2-6,8,10,12H2,1H3/b9-7-,13-11-. The molecule has 14 heavy (non-hydrogen) atoms. The van der Waals surface area contributed by atoms with E-state index in [1.807, 2.05) is 0 Å². The van der Waals surface area contributed by atoms with Crippen molar-refractivity contribution in [3.05, 3.63) is 24.0 Å². The van der Waals surface area contributed by atoms with E-state index in [1.165, 1.54) is 44.9 Å². The maximum absolute atomic E-state index is 5.30. The molecule has 0 unspecified atom stereocenters. The van der Waals surface area contributed by atoms with Crippen LogP contribution in [0.4, 0.5) is 0 Å². The van der Waals surface area contributed by atoms with Crippen LogP contribution in [0.5, 0.6) is 0 Å². The van der Waals surface area contributed by atoms with E-state index in [0.29, 0.717) is 0 Å². The van der Waals surface area contributed by atoms with Crippen LogP contribution in [-0.2, 0) is 4.74 Å². The number of hydrogen-bond donors (Lipinski definition) is 0. The molecule has 0 saturated carbocycles. The SMILES string of the molecule is CO/C1=C\C=C/CCCCCCCC1. The van der Waals surface area contributed by atoms with Crippen molar-refractivity contribution in [1.29, 1.82) is 0 Å². The molecule has 0 atom stereocenters. The number of methoxy groups -OCH3 is 1. The first-order valence-electron chi connectivity index (χ1n) is 5.83. The Morgan fingerprint density at radius 1 is 1.00 bits per heavy atom. The van der Waals surface area contributed by atoms with E-state index in [-0.39, 0.29) is 0 Å². The van der Waals surface area contributed by atoms with Crippen LogP contribution in [0, 0.1) is 0 Å². The fourth-order valence-electron chi connectivity index (χ4n) is 1.79. The number of rotatable bonds is 1. The molecule has 0 aromatic heterocycles. The summed E-state index contributed by atoms with van der Waals surface area (Å²) in [5, 5.41) is 0. The van der Waals surface area contributed by atoms with Crippen LogP contribution in [0.1, 0.15) is 51.4 Å². The van der Waals surface area contributed by atoms with Gasteiger partial charge in [0.1, 0.15) is 0 Å². The molecular weight excluding hydrogens is 172 g/mol. The van der Waals surface area contributed by atoms with Gasteiger partial charge in [-0.3, -0.25) is 0 Å². The molecule has 0 spiro atoms. The second-order valence-electron chi connectivity index (χ2n) is 3.93. The van der Waals surface area contributed by atoms with E-state index in [2.05, 4.69) is 18.2 Å². The predicted octanol–water partition coefficient (Wildman–Crippen LogP) is 4.21. The largest absolute Gasteiger partial charge is 0.501 e. The van der Waals surface area contributed by atoms with Crippen LogP contribution in [-0.4, -0.2) is 7.11 Å². The van der Waals surface area contributed by atoms with E-state index in [0.717, 1.165) is 12.2 Å². The predicted molar refractivity (Wildman–Crippen MR) is 61.2 cm³/mol. The van der Waals surface area contributed by atoms with Gasteiger partial charge in [0.25, 0.3) is 0 Å². The Kier molecular flexibility index (Phi) is 6.21. The summed E-state index contributed by atoms with van der Waals surface area (Å²) < 4.78 is 5.30. The minimum atomic E-state index is 1.10. The molecular formula is C13H22O. The molecule has 0 fully saturated rings. The molecule has 0 aromatic carbocycles. The van der Waals surface area contributed by atoms with Crippen molar-refractivity contribution < 1.29 is 4.74 Å². The van der Waals surface area contributed by atoms with Gasteiger partial charge in [-0.25, -0.2) is 0 Å². The molecule has 1 aliphatic carbocycles. The minimum Gasteiger partial charge on any atom is -0.501 e. The summed E-state index contributed by atoms with van der Waals surface area (Å²) in [6, 6.07) is 0. The topological polar surface area (TPSA) is 9.23 Å². The van der Waals surface area contributed by atoms with Gasteiger partial charge in [0.2, 0.25) is 0 Å². The van der Waals surface area contributed by atoms with Crippen LogP contribution in [0.2, 0.25) is 0 Å². The van der Waals surface area contributed by atoms with Gasteiger partial charge < -0.3 is 4.74 Å². The first-order valence-corrected chi connectivity index (χ1v) is 5.83. The molecule has 0 bridgehead atoms. The van der Waals surface area contributed by atoms with Crippen molar-refractivity contribution >= 4 is 0 Å². The van der Waals surface area contributed by atoms with Gasteiger partial charge in [0.05, 0.1) is 12.9 Å². The normalized spacial score (nSPS) is 26.5. The number of allylic oxidation sites excluding steroid dienone is 4. The van der Waals surface area contributed by atoms with Crippen LogP contribution < -0.4 is 0 Å². The second kappa shape index (κ2) is 7.66. The average Bonchev–Trinajstić information content (AvgIpc) is 2.19. The summed E-state index contributed by atoms with van der Waals surface area (Å²) in [6.07, 6.45) is 17.0. The molecule has 1 heteroatoms. The smallest absolute Gasteiger partial charge is 0.0955 e. The van der Waals surface area contributed by atoms with E-state index >= 15 is 0 Å². The maximum atomic E-state index is 5.30. The van der Waals surface area contributed by atoms with Crippen molar-refractivity contribution in [3.8, 4) is 0 Å². The minimum absolute atomic E-state index is 1.10. The van der Waals surface area contributed by atoms with Crippen molar-refractivity contribution in [2.24, 2.45) is 0 Å². The lowest BCUT2D eigenvalue weighted by molar-refractivity contribution is 0.273. The molecule has 1 rings (SSSR count). The van der Waals surface area contributed by atoms with Crippen LogP contribution in [0.15, 0.2) is 24.0 Å². The molecule has 0 saturated heterocycles. The van der Waals surface area contributed by atoms with Crippen molar-refractivity contribution in [1.82, 2.24) is 0 Å². The number of hydrogen-bond acceptors (Lipinski definition) is 1. The lowest BCUT2D eigenvalue weighted by Crippen LogP contribution is -1.88. The summed E-state index contributed by atoms with van der Waals surface area (Å²) in [4.78, 5) is 0. The van der Waals surface area contributed by atoms with Gasteiger partial charge in [-0.1, -0.05) is 37.8 Å². The van der Waals surface area contributed by atoms with Gasteiger partial charge in [-0.15, -0.1) is 0 Å². The van der Waals surface area contributed by atoms with Crippen molar-refractivity contribution in [2.75, 3.05) is 7.11 Å². The lowest BCUT2D eigenvalue weighted by atomic mass is 10.1. The van der Waals surface area contributed by atoms with Crippen LogP contribution in [0.3, 0.4) is 0 Å². The highest BCUT2D eigenvalue weighted by Crippen LogP contribution is 2.14. The van der Waals surface area contributed by atoms with E-state index in [1.54, 1.807) is 7.11 Å². The summed E-state index contributed by atoms with van der Waals surface area (Å²) in [5.74, 6) is 1.13. The third-order valence-corrected chi connectivity index (χ3v) is 2.72.